The van der Waals surface area contributed by atoms with Crippen molar-refractivity contribution in [2.24, 2.45) is 34.5 Å². The third kappa shape index (κ3) is 2.57. The van der Waals surface area contributed by atoms with Gasteiger partial charge in [0.1, 0.15) is 6.10 Å². The van der Waals surface area contributed by atoms with Gasteiger partial charge in [-0.25, -0.2) is 0 Å². The van der Waals surface area contributed by atoms with Crippen LogP contribution in [-0.2, 0) is 19.0 Å². The van der Waals surface area contributed by atoms with Crippen LogP contribution < -0.4 is 0 Å². The molecule has 1 heterocycles. The summed E-state index contributed by atoms with van der Waals surface area (Å²) in [6.45, 7) is 8.02. The number of alkyl halides is 1. The molecule has 0 bridgehead atoms. The van der Waals surface area contributed by atoms with Gasteiger partial charge in [0, 0.05) is 12.3 Å². The minimum atomic E-state index is -0.409. The van der Waals surface area contributed by atoms with Gasteiger partial charge in [0.15, 0.2) is 5.79 Å². The van der Waals surface area contributed by atoms with E-state index in [9.17, 15) is 4.79 Å². The lowest BCUT2D eigenvalue weighted by molar-refractivity contribution is -0.245. The Kier molecular flexibility index (Phi) is 4.73. The van der Waals surface area contributed by atoms with E-state index in [0.29, 0.717) is 22.1 Å². The Labute approximate surface area is 177 Å². The number of hydrogen-bond acceptors (Lipinski definition) is 4. The number of carbonyl (C=O) groups excluding carboxylic acids is 1. The first-order valence-electron chi connectivity index (χ1n) is 11.4. The zero-order chi connectivity index (χ0) is 19.7. The van der Waals surface area contributed by atoms with Gasteiger partial charge in [0.2, 0.25) is 0 Å². The minimum Gasteiger partial charge on any atom is -0.463 e. The third-order valence-electron chi connectivity index (χ3n) is 9.73. The molecule has 5 fully saturated rings. The average Bonchev–Trinajstić information content (AvgIpc) is 3.22. The largest absolute Gasteiger partial charge is 0.463 e. The molecule has 28 heavy (non-hydrogen) atoms. The van der Waals surface area contributed by atoms with Crippen molar-refractivity contribution in [3.63, 3.8) is 0 Å². The van der Waals surface area contributed by atoms with Gasteiger partial charge in [0.05, 0.1) is 18.0 Å². The highest BCUT2D eigenvalue weighted by atomic mass is 79.9. The molecule has 5 rings (SSSR count). The zero-order valence-corrected chi connectivity index (χ0v) is 19.1. The summed E-state index contributed by atoms with van der Waals surface area (Å²) >= 11 is 3.98. The van der Waals surface area contributed by atoms with Crippen LogP contribution in [0.25, 0.3) is 0 Å². The molecule has 8 atom stereocenters. The second-order valence-corrected chi connectivity index (χ2v) is 11.8. The molecule has 1 spiro atoms. The van der Waals surface area contributed by atoms with Crippen LogP contribution in [-0.4, -0.2) is 35.9 Å². The van der Waals surface area contributed by atoms with E-state index in [1.807, 2.05) is 0 Å². The van der Waals surface area contributed by atoms with Crippen molar-refractivity contribution in [2.45, 2.75) is 88.9 Å². The molecule has 3 unspecified atom stereocenters. The molecule has 1 aliphatic heterocycles. The first kappa shape index (κ1) is 19.8. The van der Waals surface area contributed by atoms with E-state index in [0.717, 1.165) is 37.9 Å². The predicted molar refractivity (Wildman–Crippen MR) is 110 cm³/mol. The standard InChI is InChI=1S/C23H35BrO4/c1-14(25)28-16-6-8-21(2)15(12-16)4-5-17-18(21)7-9-22(3)19(17)13-20(24)23(22)26-10-11-27-23/h15-20H,4-13H2,1-3H3/t15-,16-,17?,18?,19?,20+,21-,22-/m0/s1. The van der Waals surface area contributed by atoms with E-state index in [4.69, 9.17) is 14.2 Å². The molecule has 0 aromatic carbocycles. The summed E-state index contributed by atoms with van der Waals surface area (Å²) < 4.78 is 18.3. The van der Waals surface area contributed by atoms with Gasteiger partial charge in [-0.05, 0) is 80.5 Å². The molecule has 0 radical (unpaired) electrons. The normalized spacial score (nSPS) is 52.0. The second-order valence-electron chi connectivity index (χ2n) is 10.7. The predicted octanol–water partition coefficient (Wildman–Crippen LogP) is 5.08. The fourth-order valence-electron chi connectivity index (χ4n) is 8.42. The first-order valence-corrected chi connectivity index (χ1v) is 12.3. The lowest BCUT2D eigenvalue weighted by atomic mass is 9.45. The van der Waals surface area contributed by atoms with Crippen molar-refractivity contribution < 1.29 is 19.0 Å². The summed E-state index contributed by atoms with van der Waals surface area (Å²) in [6, 6.07) is 0. The van der Waals surface area contributed by atoms with Crippen molar-refractivity contribution >= 4 is 21.9 Å². The highest BCUT2D eigenvalue weighted by Crippen LogP contribution is 2.70. The fourth-order valence-corrected chi connectivity index (χ4v) is 9.61. The monoisotopic (exact) mass is 454 g/mol. The lowest BCUT2D eigenvalue weighted by Crippen LogP contribution is -2.58. The van der Waals surface area contributed by atoms with Crippen molar-refractivity contribution in [3.8, 4) is 0 Å². The van der Waals surface area contributed by atoms with E-state index in [-0.39, 0.29) is 17.5 Å². The Hall–Kier alpha value is -0.130. The smallest absolute Gasteiger partial charge is 0.302 e. The van der Waals surface area contributed by atoms with Crippen LogP contribution in [0.4, 0.5) is 0 Å². The van der Waals surface area contributed by atoms with E-state index in [1.165, 1.54) is 38.5 Å². The Morgan fingerprint density at radius 2 is 1.75 bits per heavy atom. The molecule has 5 heteroatoms. The lowest BCUT2D eigenvalue weighted by Gasteiger charge is -2.61. The van der Waals surface area contributed by atoms with Crippen molar-refractivity contribution in [3.05, 3.63) is 0 Å². The van der Waals surface area contributed by atoms with Crippen molar-refractivity contribution in [1.82, 2.24) is 0 Å². The number of carbonyl (C=O) groups is 1. The summed E-state index contributed by atoms with van der Waals surface area (Å²) in [6.07, 6.45) is 9.71. The van der Waals surface area contributed by atoms with Crippen LogP contribution >= 0.6 is 15.9 Å². The van der Waals surface area contributed by atoms with E-state index in [1.54, 1.807) is 6.92 Å². The molecule has 1 saturated heterocycles. The van der Waals surface area contributed by atoms with Crippen molar-refractivity contribution in [2.75, 3.05) is 13.2 Å². The minimum absolute atomic E-state index is 0.119. The van der Waals surface area contributed by atoms with E-state index < -0.39 is 5.79 Å². The number of fused-ring (bicyclic) bond motifs is 6. The average molecular weight is 455 g/mol. The van der Waals surface area contributed by atoms with Crippen molar-refractivity contribution in [1.29, 1.82) is 0 Å². The molecule has 4 nitrogen and oxygen atoms in total. The van der Waals surface area contributed by atoms with Crippen LogP contribution in [0.3, 0.4) is 0 Å². The molecule has 0 N–H and O–H groups in total. The Balaban J connectivity index is 1.39. The van der Waals surface area contributed by atoms with Gasteiger partial charge in [-0.3, -0.25) is 4.79 Å². The molecule has 0 amide bonds. The van der Waals surface area contributed by atoms with E-state index in [2.05, 4.69) is 29.8 Å². The number of rotatable bonds is 1. The molecule has 158 valence electrons. The Morgan fingerprint density at radius 1 is 1.00 bits per heavy atom. The number of halogens is 1. The van der Waals surface area contributed by atoms with Gasteiger partial charge in [-0.1, -0.05) is 29.8 Å². The highest BCUT2D eigenvalue weighted by molar-refractivity contribution is 9.09. The maximum absolute atomic E-state index is 11.4. The summed E-state index contributed by atoms with van der Waals surface area (Å²) in [5.74, 6) is 2.42. The zero-order valence-electron chi connectivity index (χ0n) is 17.5. The van der Waals surface area contributed by atoms with Crippen LogP contribution in [0.5, 0.6) is 0 Å². The van der Waals surface area contributed by atoms with Gasteiger partial charge in [-0.15, -0.1) is 0 Å². The fraction of sp³-hybridized carbons (Fsp3) is 0.957. The molecule has 0 aromatic heterocycles. The quantitative estimate of drug-likeness (QED) is 0.409. The first-order chi connectivity index (χ1) is 13.3. The summed E-state index contributed by atoms with van der Waals surface area (Å²) in [7, 11) is 0. The topological polar surface area (TPSA) is 44.8 Å². The van der Waals surface area contributed by atoms with Crippen LogP contribution in [0.2, 0.25) is 0 Å². The summed E-state index contributed by atoms with van der Waals surface area (Å²) in [5.41, 5.74) is 0.521. The molecule has 5 aliphatic rings. The van der Waals surface area contributed by atoms with Gasteiger partial charge in [-0.2, -0.15) is 0 Å². The Morgan fingerprint density at radius 3 is 2.46 bits per heavy atom. The maximum atomic E-state index is 11.4. The third-order valence-corrected chi connectivity index (χ3v) is 10.7. The highest BCUT2D eigenvalue weighted by Gasteiger charge is 2.70. The van der Waals surface area contributed by atoms with Crippen LogP contribution in [0, 0.1) is 34.5 Å². The second kappa shape index (κ2) is 6.68. The molecular weight excluding hydrogens is 420 g/mol. The van der Waals surface area contributed by atoms with Gasteiger partial charge < -0.3 is 14.2 Å². The van der Waals surface area contributed by atoms with Crippen LogP contribution in [0.15, 0.2) is 0 Å². The van der Waals surface area contributed by atoms with Gasteiger partial charge >= 0.3 is 5.97 Å². The molecule has 4 saturated carbocycles. The molecule has 0 aromatic rings. The van der Waals surface area contributed by atoms with Gasteiger partial charge in [0.25, 0.3) is 0 Å². The Bertz CT molecular complexity index is 647. The summed E-state index contributed by atoms with van der Waals surface area (Å²) in [4.78, 5) is 11.8. The van der Waals surface area contributed by atoms with E-state index >= 15 is 0 Å². The SMILES string of the molecule is CC(=O)O[C@H]1CC[C@]2(C)C3CC[C@@]4(C)C(C[C@@H](Br)C45OCCO5)C3CC[C@H]2C1. The number of hydrogen-bond donors (Lipinski definition) is 0. The summed E-state index contributed by atoms with van der Waals surface area (Å²) in [5, 5.41) is 0. The number of ether oxygens (including phenoxy) is 3. The van der Waals surface area contributed by atoms with Crippen LogP contribution in [0.1, 0.15) is 72.1 Å². The molecular formula is C23H35BrO4. The maximum Gasteiger partial charge on any atom is 0.302 e. The number of esters is 1. The molecule has 4 aliphatic carbocycles.